The van der Waals surface area contributed by atoms with Crippen molar-refractivity contribution in [1.82, 2.24) is 0 Å². The van der Waals surface area contributed by atoms with Gasteiger partial charge >= 0.3 is 0 Å². The number of hydrogen-bond donors (Lipinski definition) is 1. The minimum atomic E-state index is -5.72. The molecule has 0 saturated heterocycles. The van der Waals surface area contributed by atoms with Crippen LogP contribution in [0.2, 0.25) is 0 Å². The van der Waals surface area contributed by atoms with Gasteiger partial charge in [-0.25, -0.2) is 0 Å². The summed E-state index contributed by atoms with van der Waals surface area (Å²) in [4.78, 5) is 0. The van der Waals surface area contributed by atoms with Gasteiger partial charge in [-0.1, -0.05) is 12.1 Å². The fraction of sp³-hybridized carbons (Fsp3) is 0.250. The molecule has 1 aromatic rings. The van der Waals surface area contributed by atoms with Gasteiger partial charge in [0, 0.05) is 17.2 Å². The zero-order valence-electron chi connectivity index (χ0n) is 7.01. The van der Waals surface area contributed by atoms with Crippen LogP contribution in [0.1, 0.15) is 5.56 Å². The zero-order chi connectivity index (χ0) is 10.1. The van der Waals surface area contributed by atoms with Crippen molar-refractivity contribution < 1.29 is 16.8 Å². The molecule has 0 bridgehead atoms. The molecule has 5 heteroatoms. The molecule has 1 rings (SSSR count). The molecule has 1 nitrogen and oxygen atoms in total. The lowest BCUT2D eigenvalue weighted by atomic mass is 10.2. The van der Waals surface area contributed by atoms with E-state index in [9.17, 15) is 11.7 Å². The second kappa shape index (κ2) is 2.83. The van der Waals surface area contributed by atoms with Crippen molar-refractivity contribution in [3.8, 4) is 5.75 Å². The summed E-state index contributed by atoms with van der Waals surface area (Å²) in [6, 6.07) is 5.09. The van der Waals surface area contributed by atoms with Gasteiger partial charge in [0.25, 0.3) is 10.3 Å². The van der Waals surface area contributed by atoms with Crippen LogP contribution in [0.15, 0.2) is 24.3 Å². The molecule has 0 atom stereocenters. The van der Waals surface area contributed by atoms with Crippen LogP contribution in [-0.4, -0.2) is 11.4 Å². The van der Waals surface area contributed by atoms with E-state index in [0.29, 0.717) is 6.26 Å². The monoisotopic (exact) mass is 211 g/mol. The Hall–Kier alpha value is -0.840. The first-order valence-corrected chi connectivity index (χ1v) is 5.88. The van der Waals surface area contributed by atoms with E-state index in [1.165, 1.54) is 24.3 Å². The fourth-order valence-electron chi connectivity index (χ4n) is 0.948. The summed E-state index contributed by atoms with van der Waals surface area (Å²) >= 11 is 0. The summed E-state index contributed by atoms with van der Waals surface area (Å²) < 4.78 is 37.7. The van der Waals surface area contributed by atoms with E-state index in [1.807, 2.05) is 0 Å². The van der Waals surface area contributed by atoms with Crippen molar-refractivity contribution in [2.24, 2.45) is 0 Å². The summed E-state index contributed by atoms with van der Waals surface area (Å²) in [6.45, 7) is 0. The Morgan fingerprint density at radius 1 is 1.15 bits per heavy atom. The van der Waals surface area contributed by atoms with Gasteiger partial charge in [-0.05, 0) is 12.1 Å². The van der Waals surface area contributed by atoms with Crippen LogP contribution >= 0.6 is 0 Å². The predicted octanol–water partition coefficient (Wildman–Crippen LogP) is 2.87. The molecule has 1 N–H and O–H groups in total. The minimum absolute atomic E-state index is 0.0194. The summed E-state index contributed by atoms with van der Waals surface area (Å²) in [5.74, 6) is -0.897. The maximum atomic E-state index is 12.6. The number of phenolic OH excluding ortho intramolecular Hbond substituents is 1. The number of phenols is 1. The highest BCUT2D eigenvalue weighted by Gasteiger charge is 2.47. The first kappa shape index (κ1) is 10.2. The molecule has 0 spiro atoms. The molecule has 0 fully saturated rings. The molecular weight excluding hydrogens is 201 g/mol. The largest absolute Gasteiger partial charge is 0.508 e. The van der Waals surface area contributed by atoms with E-state index in [4.69, 9.17) is 5.11 Å². The highest BCUT2D eigenvalue weighted by molar-refractivity contribution is 8.16. The maximum Gasteiger partial charge on any atom is 0.256 e. The van der Waals surface area contributed by atoms with Crippen molar-refractivity contribution in [1.29, 1.82) is 0 Å². The van der Waals surface area contributed by atoms with Gasteiger partial charge in [0.15, 0.2) is 5.75 Å². The van der Waals surface area contributed by atoms with E-state index < -0.39 is 16.1 Å². The van der Waals surface area contributed by atoms with Gasteiger partial charge in [0.2, 0.25) is 0 Å². The number of hydrogen-bond acceptors (Lipinski definition) is 1. The Bertz CT molecular complexity index is 292. The standard InChI is InChI=1S/C8H9F3OS/c1-13(9,10,11)6-7-2-4-8(12)5-3-7/h2-5H,6H2,1H3/p+1. The Morgan fingerprint density at radius 3 is 2.00 bits per heavy atom. The average Bonchev–Trinajstić information content (AvgIpc) is 1.89. The van der Waals surface area contributed by atoms with Gasteiger partial charge in [0.1, 0.15) is 12.0 Å². The second-order valence-corrected chi connectivity index (χ2v) is 5.86. The van der Waals surface area contributed by atoms with Gasteiger partial charge in [-0.2, -0.15) is 0 Å². The molecule has 0 radical (unpaired) electrons. The average molecular weight is 211 g/mol. The van der Waals surface area contributed by atoms with Crippen LogP contribution in [0, 0.1) is 0 Å². The van der Waals surface area contributed by atoms with Crippen molar-refractivity contribution >= 4 is 10.3 Å². The molecule has 0 amide bonds. The van der Waals surface area contributed by atoms with Crippen molar-refractivity contribution in [3.63, 3.8) is 0 Å². The second-order valence-electron chi connectivity index (χ2n) is 3.06. The van der Waals surface area contributed by atoms with Crippen LogP contribution in [0.4, 0.5) is 11.7 Å². The normalized spacial score (nSPS) is 14.9. The van der Waals surface area contributed by atoms with Crippen molar-refractivity contribution in [3.05, 3.63) is 29.8 Å². The minimum Gasteiger partial charge on any atom is -0.508 e. The highest BCUT2D eigenvalue weighted by atomic mass is 32.4. The van der Waals surface area contributed by atoms with Crippen LogP contribution < -0.4 is 0 Å². The summed E-state index contributed by atoms with van der Waals surface area (Å²) in [5, 5.41) is 8.85. The Balaban J connectivity index is 2.82. The lowest BCUT2D eigenvalue weighted by Crippen LogP contribution is -2.24. The lowest BCUT2D eigenvalue weighted by molar-refractivity contribution is 0.475. The number of rotatable bonds is 2. The number of benzene rings is 1. The molecule has 0 saturated carbocycles. The maximum absolute atomic E-state index is 12.6. The van der Waals surface area contributed by atoms with E-state index in [-0.39, 0.29) is 11.3 Å². The zero-order valence-corrected chi connectivity index (χ0v) is 7.82. The molecule has 0 heterocycles. The van der Waals surface area contributed by atoms with Gasteiger partial charge in [-0.3, -0.25) is 0 Å². The van der Waals surface area contributed by atoms with Gasteiger partial charge in [0.05, 0.1) is 0 Å². The molecule has 0 aromatic heterocycles. The summed E-state index contributed by atoms with van der Waals surface area (Å²) in [6.07, 6.45) is 0.337. The van der Waals surface area contributed by atoms with E-state index in [2.05, 4.69) is 0 Å². The van der Waals surface area contributed by atoms with Crippen LogP contribution in [0.3, 0.4) is 0 Å². The number of halogens is 3. The van der Waals surface area contributed by atoms with Crippen LogP contribution in [-0.2, 0) is 16.1 Å². The van der Waals surface area contributed by atoms with Crippen molar-refractivity contribution in [2.45, 2.75) is 5.75 Å². The van der Waals surface area contributed by atoms with Crippen molar-refractivity contribution in [2.75, 3.05) is 6.26 Å². The van der Waals surface area contributed by atoms with Crippen LogP contribution in [0.5, 0.6) is 5.75 Å². The Morgan fingerprint density at radius 2 is 1.62 bits per heavy atom. The smallest absolute Gasteiger partial charge is 0.256 e. The molecule has 0 aliphatic heterocycles. The van der Waals surface area contributed by atoms with E-state index in [1.54, 1.807) is 0 Å². The summed E-state index contributed by atoms with van der Waals surface area (Å²) in [7, 11) is -5.72. The van der Waals surface area contributed by atoms with Crippen LogP contribution in [0.25, 0.3) is 0 Å². The van der Waals surface area contributed by atoms with E-state index >= 15 is 0 Å². The van der Waals surface area contributed by atoms with Gasteiger partial charge in [-0.15, -0.1) is 0 Å². The van der Waals surface area contributed by atoms with E-state index in [0.717, 1.165) is 0 Å². The third kappa shape index (κ3) is 4.07. The predicted molar refractivity (Wildman–Crippen MR) is 48.4 cm³/mol. The molecule has 1 aromatic carbocycles. The fourth-order valence-corrected chi connectivity index (χ4v) is 1.85. The first-order valence-electron chi connectivity index (χ1n) is 3.56. The molecule has 0 unspecified atom stereocenters. The first-order chi connectivity index (χ1) is 5.72. The van der Waals surface area contributed by atoms with Gasteiger partial charge < -0.3 is 5.11 Å². The third-order valence-corrected chi connectivity index (χ3v) is 2.36. The molecule has 13 heavy (non-hydrogen) atoms. The highest BCUT2D eigenvalue weighted by Crippen LogP contribution is 2.43. The summed E-state index contributed by atoms with van der Waals surface area (Å²) in [5.41, 5.74) is 0.190. The Kier molecular flexibility index (Phi) is 2.23. The Labute approximate surface area is 75.4 Å². The number of aromatic hydroxyl groups is 1. The quantitative estimate of drug-likeness (QED) is 0.746. The molecule has 74 valence electrons. The molecule has 0 aliphatic rings. The third-order valence-electron chi connectivity index (χ3n) is 1.41. The lowest BCUT2D eigenvalue weighted by Gasteiger charge is -2.18. The molecule has 0 aliphatic carbocycles. The SMILES string of the molecule is C[S+](F)(F)(F)Cc1ccc(O)cc1. The topological polar surface area (TPSA) is 20.2 Å². The molecular formula is C8H10F3OS+.